The van der Waals surface area contributed by atoms with Gasteiger partial charge in [-0.25, -0.2) is 4.79 Å². The van der Waals surface area contributed by atoms with Crippen molar-refractivity contribution in [1.29, 1.82) is 0 Å². The zero-order valence-electron chi connectivity index (χ0n) is 21.4. The highest BCUT2D eigenvalue weighted by molar-refractivity contribution is 5.92. The lowest BCUT2D eigenvalue weighted by Gasteiger charge is -2.15. The highest BCUT2D eigenvalue weighted by Gasteiger charge is 2.18. The number of methoxy groups -OCH3 is 3. The van der Waals surface area contributed by atoms with Crippen LogP contribution in [0.2, 0.25) is 0 Å². The molecule has 3 rings (SSSR count). The molecule has 0 N–H and O–H groups in total. The van der Waals surface area contributed by atoms with Crippen molar-refractivity contribution in [3.8, 4) is 17.2 Å². The number of allylic oxidation sites excluding steroid dienone is 4. The van der Waals surface area contributed by atoms with E-state index in [1.54, 1.807) is 27.4 Å². The summed E-state index contributed by atoms with van der Waals surface area (Å²) in [6.07, 6.45) is 10.6. The van der Waals surface area contributed by atoms with Crippen molar-refractivity contribution in [3.05, 3.63) is 87.0 Å². The van der Waals surface area contributed by atoms with Crippen molar-refractivity contribution < 1.29 is 18.6 Å². The van der Waals surface area contributed by atoms with Gasteiger partial charge in [-0.2, -0.15) is 0 Å². The molecule has 0 saturated carbocycles. The van der Waals surface area contributed by atoms with E-state index in [1.807, 2.05) is 42.5 Å². The third-order valence-electron chi connectivity index (χ3n) is 5.81. The molecule has 2 aromatic carbocycles. The number of rotatable bonds is 10. The lowest BCUT2D eigenvalue weighted by atomic mass is 10.0. The van der Waals surface area contributed by atoms with Gasteiger partial charge in [0.2, 0.25) is 0 Å². The van der Waals surface area contributed by atoms with Crippen LogP contribution in [-0.2, 0) is 6.42 Å². The molecule has 0 aliphatic rings. The molecule has 1 aromatic heterocycles. The van der Waals surface area contributed by atoms with E-state index in [0.717, 1.165) is 29.7 Å². The van der Waals surface area contributed by atoms with Crippen LogP contribution in [-0.4, -0.2) is 21.3 Å². The number of fused-ring (bicyclic) bond motifs is 1. The van der Waals surface area contributed by atoms with E-state index in [1.165, 1.54) is 11.1 Å². The van der Waals surface area contributed by atoms with E-state index < -0.39 is 5.63 Å². The molecule has 0 amide bonds. The normalized spacial score (nSPS) is 11.7. The molecule has 1 heterocycles. The van der Waals surface area contributed by atoms with Gasteiger partial charge in [0.1, 0.15) is 28.4 Å². The molecule has 0 radical (unpaired) electrons. The first-order valence-corrected chi connectivity index (χ1v) is 11.7. The summed E-state index contributed by atoms with van der Waals surface area (Å²) in [5.41, 5.74) is 3.95. The Labute approximate surface area is 207 Å². The van der Waals surface area contributed by atoms with Crippen molar-refractivity contribution in [2.45, 2.75) is 40.0 Å². The summed E-state index contributed by atoms with van der Waals surface area (Å²) in [7, 11) is 4.83. The molecule has 0 atom stereocenters. The van der Waals surface area contributed by atoms with E-state index in [2.05, 4.69) is 32.9 Å². The van der Waals surface area contributed by atoms with Crippen molar-refractivity contribution in [2.24, 2.45) is 0 Å². The van der Waals surface area contributed by atoms with Gasteiger partial charge >= 0.3 is 5.63 Å². The summed E-state index contributed by atoms with van der Waals surface area (Å²) < 4.78 is 22.2. The Morgan fingerprint density at radius 2 is 1.66 bits per heavy atom. The second kappa shape index (κ2) is 12.1. The van der Waals surface area contributed by atoms with E-state index in [9.17, 15) is 4.79 Å². The fraction of sp³-hybridized carbons (Fsp3) is 0.300. The van der Waals surface area contributed by atoms with E-state index in [0.29, 0.717) is 34.5 Å². The third kappa shape index (κ3) is 6.66. The van der Waals surface area contributed by atoms with E-state index in [4.69, 9.17) is 18.6 Å². The standard InChI is InChI=1S/C30H34O5/c1-20(2)8-7-9-21(3)10-17-26-27(33-5)19-23-18-25(35-30(31)28(23)29(26)34-6)16-13-22-11-14-24(32-4)15-12-22/h8,10-16,18-19H,7,9,17H2,1-6H3/b16-13+,21-10+. The molecule has 184 valence electrons. The highest BCUT2D eigenvalue weighted by atomic mass is 16.5. The van der Waals surface area contributed by atoms with Crippen LogP contribution in [0.5, 0.6) is 17.2 Å². The van der Waals surface area contributed by atoms with Crippen molar-refractivity contribution in [1.82, 2.24) is 0 Å². The van der Waals surface area contributed by atoms with Gasteiger partial charge in [0.05, 0.1) is 21.3 Å². The molecule has 0 aliphatic carbocycles. The zero-order chi connectivity index (χ0) is 25.4. The lowest BCUT2D eigenvalue weighted by Crippen LogP contribution is -2.06. The molecular weight excluding hydrogens is 440 g/mol. The van der Waals surface area contributed by atoms with Gasteiger partial charge in [-0.1, -0.05) is 41.5 Å². The third-order valence-corrected chi connectivity index (χ3v) is 5.81. The monoisotopic (exact) mass is 474 g/mol. The smallest absolute Gasteiger partial charge is 0.347 e. The number of ether oxygens (including phenoxy) is 3. The van der Waals surface area contributed by atoms with Crippen LogP contribution in [0, 0.1) is 0 Å². The van der Waals surface area contributed by atoms with Crippen LogP contribution in [0.3, 0.4) is 0 Å². The maximum Gasteiger partial charge on any atom is 0.347 e. The first-order valence-electron chi connectivity index (χ1n) is 11.7. The fourth-order valence-corrected chi connectivity index (χ4v) is 3.90. The predicted molar refractivity (Wildman–Crippen MR) is 144 cm³/mol. The minimum atomic E-state index is -0.443. The van der Waals surface area contributed by atoms with Crippen LogP contribution >= 0.6 is 0 Å². The van der Waals surface area contributed by atoms with Crippen LogP contribution in [0.4, 0.5) is 0 Å². The summed E-state index contributed by atoms with van der Waals surface area (Å²) in [6.45, 7) is 6.33. The topological polar surface area (TPSA) is 57.9 Å². The average Bonchev–Trinajstić information content (AvgIpc) is 2.85. The van der Waals surface area contributed by atoms with Crippen LogP contribution in [0.1, 0.15) is 50.5 Å². The summed E-state index contributed by atoms with van der Waals surface area (Å²) in [4.78, 5) is 13.0. The van der Waals surface area contributed by atoms with Gasteiger partial charge in [0, 0.05) is 10.9 Å². The quantitative estimate of drug-likeness (QED) is 0.290. The summed E-state index contributed by atoms with van der Waals surface area (Å²) in [6, 6.07) is 11.3. The highest BCUT2D eigenvalue weighted by Crippen LogP contribution is 2.36. The Morgan fingerprint density at radius 1 is 0.914 bits per heavy atom. The van der Waals surface area contributed by atoms with Crippen molar-refractivity contribution in [3.63, 3.8) is 0 Å². The molecule has 0 aliphatic heterocycles. The lowest BCUT2D eigenvalue weighted by molar-refractivity contribution is 0.389. The summed E-state index contributed by atoms with van der Waals surface area (Å²) in [5, 5.41) is 1.12. The van der Waals surface area contributed by atoms with Crippen molar-refractivity contribution >= 4 is 22.9 Å². The second-order valence-electron chi connectivity index (χ2n) is 8.67. The molecule has 35 heavy (non-hydrogen) atoms. The van der Waals surface area contributed by atoms with Gasteiger partial charge in [-0.3, -0.25) is 0 Å². The van der Waals surface area contributed by atoms with Crippen LogP contribution in [0.15, 0.2) is 68.9 Å². The van der Waals surface area contributed by atoms with Crippen LogP contribution in [0.25, 0.3) is 22.9 Å². The average molecular weight is 475 g/mol. The molecule has 0 saturated heterocycles. The largest absolute Gasteiger partial charge is 0.497 e. The second-order valence-corrected chi connectivity index (χ2v) is 8.67. The Morgan fingerprint density at radius 3 is 2.29 bits per heavy atom. The predicted octanol–water partition coefficient (Wildman–Crippen LogP) is 7.22. The summed E-state index contributed by atoms with van der Waals surface area (Å²) >= 11 is 0. The first kappa shape index (κ1) is 25.9. The van der Waals surface area contributed by atoms with Crippen molar-refractivity contribution in [2.75, 3.05) is 21.3 Å². The molecular formula is C30H34O5. The van der Waals surface area contributed by atoms with Crippen LogP contribution < -0.4 is 19.8 Å². The Bertz CT molecular complexity index is 1300. The first-order chi connectivity index (χ1) is 16.9. The summed E-state index contributed by atoms with van der Waals surface area (Å²) in [5.74, 6) is 2.41. The number of hydrogen-bond acceptors (Lipinski definition) is 5. The Balaban J connectivity index is 1.96. The van der Waals surface area contributed by atoms with E-state index >= 15 is 0 Å². The van der Waals surface area contributed by atoms with Gasteiger partial charge in [-0.15, -0.1) is 0 Å². The Kier molecular flexibility index (Phi) is 8.96. The van der Waals surface area contributed by atoms with Gasteiger partial charge in [-0.05, 0) is 75.9 Å². The maximum absolute atomic E-state index is 13.0. The molecule has 0 fully saturated rings. The Hall–Kier alpha value is -3.73. The molecule has 5 nitrogen and oxygen atoms in total. The maximum atomic E-state index is 13.0. The molecule has 0 bridgehead atoms. The van der Waals surface area contributed by atoms with E-state index in [-0.39, 0.29) is 0 Å². The minimum absolute atomic E-state index is 0.417. The molecule has 0 unspecified atom stereocenters. The van der Waals surface area contributed by atoms with Gasteiger partial charge < -0.3 is 18.6 Å². The molecule has 5 heteroatoms. The SMILES string of the molecule is COc1ccc(/C=C/c2cc3cc(OC)c(C/C=C(\C)CCC=C(C)C)c(OC)c3c(=O)o2)cc1. The minimum Gasteiger partial charge on any atom is -0.497 e. The number of hydrogen-bond donors (Lipinski definition) is 0. The van der Waals surface area contributed by atoms with Gasteiger partial charge in [0.15, 0.2) is 0 Å². The molecule has 0 spiro atoms. The zero-order valence-corrected chi connectivity index (χ0v) is 21.4. The fourth-order valence-electron chi connectivity index (χ4n) is 3.90. The molecule has 3 aromatic rings. The number of benzene rings is 2. The van der Waals surface area contributed by atoms with Gasteiger partial charge in [0.25, 0.3) is 0 Å².